The van der Waals surface area contributed by atoms with Crippen LogP contribution >= 0.6 is 0 Å². The topological polar surface area (TPSA) is 41.6 Å². The summed E-state index contributed by atoms with van der Waals surface area (Å²) in [6.07, 6.45) is 1.47. The lowest BCUT2D eigenvalue weighted by Crippen LogP contribution is -2.34. The van der Waals surface area contributed by atoms with Crippen molar-refractivity contribution < 1.29 is 9.53 Å². The second kappa shape index (κ2) is 7.14. The Morgan fingerprint density at radius 1 is 1.37 bits per heavy atom. The third kappa shape index (κ3) is 4.56. The number of benzene rings is 1. The van der Waals surface area contributed by atoms with E-state index in [9.17, 15) is 4.79 Å². The zero-order chi connectivity index (χ0) is 13.5. The van der Waals surface area contributed by atoms with E-state index in [2.05, 4.69) is 12.2 Å². The minimum Gasteiger partial charge on any atom is -0.493 e. The highest BCUT2D eigenvalue weighted by atomic mass is 16.5. The lowest BCUT2D eigenvalue weighted by Gasteiger charge is -2.20. The Bertz CT molecular complexity index is 394. The largest absolute Gasteiger partial charge is 0.493 e. The molecule has 1 aromatic rings. The van der Waals surface area contributed by atoms with E-state index in [1.54, 1.807) is 0 Å². The van der Waals surface area contributed by atoms with Crippen LogP contribution in [0.2, 0.25) is 0 Å². The maximum atomic E-state index is 12.1. The monoisotopic (exact) mass is 262 g/mol. The molecule has 19 heavy (non-hydrogen) atoms. The van der Waals surface area contributed by atoms with Crippen molar-refractivity contribution in [3.05, 3.63) is 30.3 Å². The molecule has 104 valence electrons. The highest BCUT2D eigenvalue weighted by Crippen LogP contribution is 2.09. The number of carbonyl (C=O) groups is 1. The summed E-state index contributed by atoms with van der Waals surface area (Å²) in [5.41, 5.74) is 0. The number of para-hydroxylation sites is 1. The molecule has 1 aliphatic rings. The summed E-state index contributed by atoms with van der Waals surface area (Å²) in [5.74, 6) is 1.01. The molecular weight excluding hydrogens is 240 g/mol. The number of ether oxygens (including phenoxy) is 1. The van der Waals surface area contributed by atoms with Gasteiger partial charge in [0.15, 0.2) is 0 Å². The zero-order valence-corrected chi connectivity index (χ0v) is 11.5. The van der Waals surface area contributed by atoms with Gasteiger partial charge in [0.25, 0.3) is 0 Å². The zero-order valence-electron chi connectivity index (χ0n) is 11.5. The molecule has 4 nitrogen and oxygen atoms in total. The maximum Gasteiger partial charge on any atom is 0.226 e. The van der Waals surface area contributed by atoms with Crippen molar-refractivity contribution in [2.24, 2.45) is 0 Å². The van der Waals surface area contributed by atoms with Crippen LogP contribution in [-0.2, 0) is 4.79 Å². The van der Waals surface area contributed by atoms with Crippen LogP contribution in [0.3, 0.4) is 0 Å². The first-order valence-electron chi connectivity index (χ1n) is 6.95. The highest BCUT2D eigenvalue weighted by molar-refractivity contribution is 5.76. The summed E-state index contributed by atoms with van der Waals surface area (Å²) < 4.78 is 5.56. The molecule has 1 aromatic carbocycles. The van der Waals surface area contributed by atoms with Crippen molar-refractivity contribution in [3.8, 4) is 5.75 Å². The van der Waals surface area contributed by atoms with Gasteiger partial charge in [-0.1, -0.05) is 18.2 Å². The van der Waals surface area contributed by atoms with Gasteiger partial charge in [0, 0.05) is 25.7 Å². The number of carbonyl (C=O) groups excluding carboxylic acids is 1. The summed E-state index contributed by atoms with van der Waals surface area (Å²) in [5, 5.41) is 3.39. The van der Waals surface area contributed by atoms with Crippen molar-refractivity contribution in [1.82, 2.24) is 10.2 Å². The van der Waals surface area contributed by atoms with E-state index in [-0.39, 0.29) is 5.91 Å². The number of rotatable bonds is 4. The van der Waals surface area contributed by atoms with Crippen molar-refractivity contribution in [1.29, 1.82) is 0 Å². The Kier molecular flexibility index (Phi) is 5.21. The molecule has 1 N–H and O–H groups in total. The smallest absolute Gasteiger partial charge is 0.226 e. The van der Waals surface area contributed by atoms with Gasteiger partial charge in [-0.05, 0) is 25.5 Å². The summed E-state index contributed by atoms with van der Waals surface area (Å²) in [6.45, 7) is 5.13. The third-order valence-electron chi connectivity index (χ3n) is 3.39. The Labute approximate surface area is 114 Å². The molecule has 1 atom stereocenters. The highest BCUT2D eigenvalue weighted by Gasteiger charge is 2.17. The molecule has 0 spiro atoms. The van der Waals surface area contributed by atoms with Crippen LogP contribution < -0.4 is 10.1 Å². The quantitative estimate of drug-likeness (QED) is 0.897. The molecule has 1 unspecified atom stereocenters. The molecule has 4 heteroatoms. The summed E-state index contributed by atoms with van der Waals surface area (Å²) in [4.78, 5) is 14.0. The first-order valence-corrected chi connectivity index (χ1v) is 6.95. The number of nitrogens with zero attached hydrogens (tertiary/aromatic N) is 1. The molecule has 0 radical (unpaired) electrons. The van der Waals surface area contributed by atoms with E-state index in [1.165, 1.54) is 0 Å². The van der Waals surface area contributed by atoms with Crippen LogP contribution in [0, 0.1) is 0 Å². The second-order valence-electron chi connectivity index (χ2n) is 4.94. The van der Waals surface area contributed by atoms with E-state index >= 15 is 0 Å². The van der Waals surface area contributed by atoms with E-state index in [1.807, 2.05) is 35.2 Å². The fourth-order valence-electron chi connectivity index (χ4n) is 2.19. The Hall–Kier alpha value is -1.55. The molecule has 1 aliphatic heterocycles. The standard InChI is InChI=1S/C15H22N2O2/c1-13-7-10-17(11-9-16-13)15(18)8-12-19-14-5-3-2-4-6-14/h2-6,13,16H,7-12H2,1H3. The molecule has 0 aromatic heterocycles. The molecule has 1 saturated heterocycles. The predicted octanol–water partition coefficient (Wildman–Crippen LogP) is 1.67. The lowest BCUT2D eigenvalue weighted by molar-refractivity contribution is -0.131. The Morgan fingerprint density at radius 2 is 2.16 bits per heavy atom. The van der Waals surface area contributed by atoms with Crippen molar-refractivity contribution in [2.45, 2.75) is 25.8 Å². The first-order chi connectivity index (χ1) is 9.25. The molecule has 0 bridgehead atoms. The van der Waals surface area contributed by atoms with E-state index in [0.717, 1.165) is 31.8 Å². The van der Waals surface area contributed by atoms with E-state index < -0.39 is 0 Å². The Morgan fingerprint density at radius 3 is 2.95 bits per heavy atom. The molecular formula is C15H22N2O2. The minimum atomic E-state index is 0.187. The molecule has 1 fully saturated rings. The number of amides is 1. The molecule has 0 saturated carbocycles. The number of hydrogen-bond donors (Lipinski definition) is 1. The summed E-state index contributed by atoms with van der Waals surface area (Å²) in [7, 11) is 0. The number of nitrogens with one attached hydrogen (secondary N) is 1. The van der Waals surface area contributed by atoms with Gasteiger partial charge in [-0.2, -0.15) is 0 Å². The van der Waals surface area contributed by atoms with E-state index in [4.69, 9.17) is 4.74 Å². The van der Waals surface area contributed by atoms with Crippen LogP contribution in [0.5, 0.6) is 5.75 Å². The molecule has 1 amide bonds. The van der Waals surface area contributed by atoms with Crippen LogP contribution in [0.1, 0.15) is 19.8 Å². The lowest BCUT2D eigenvalue weighted by atomic mass is 10.2. The van der Waals surface area contributed by atoms with E-state index in [0.29, 0.717) is 19.1 Å². The van der Waals surface area contributed by atoms with Gasteiger partial charge in [0.2, 0.25) is 5.91 Å². The fraction of sp³-hybridized carbons (Fsp3) is 0.533. The van der Waals surface area contributed by atoms with Gasteiger partial charge >= 0.3 is 0 Å². The Balaban J connectivity index is 1.72. The van der Waals surface area contributed by atoms with Crippen molar-refractivity contribution >= 4 is 5.91 Å². The summed E-state index contributed by atoms with van der Waals surface area (Å²) in [6, 6.07) is 10.1. The third-order valence-corrected chi connectivity index (χ3v) is 3.39. The second-order valence-corrected chi connectivity index (χ2v) is 4.94. The summed E-state index contributed by atoms with van der Waals surface area (Å²) >= 11 is 0. The first kappa shape index (κ1) is 13.9. The number of hydrogen-bond acceptors (Lipinski definition) is 3. The van der Waals surface area contributed by atoms with Gasteiger partial charge in [-0.15, -0.1) is 0 Å². The average molecular weight is 262 g/mol. The van der Waals surface area contributed by atoms with Gasteiger partial charge in [0.05, 0.1) is 13.0 Å². The average Bonchev–Trinajstić information content (AvgIpc) is 2.65. The molecule has 0 aliphatic carbocycles. The molecule has 1 heterocycles. The fourth-order valence-corrected chi connectivity index (χ4v) is 2.19. The van der Waals surface area contributed by atoms with Crippen LogP contribution in [0.4, 0.5) is 0 Å². The van der Waals surface area contributed by atoms with Crippen LogP contribution in [0.25, 0.3) is 0 Å². The predicted molar refractivity (Wildman–Crippen MR) is 75.2 cm³/mol. The molecule has 2 rings (SSSR count). The van der Waals surface area contributed by atoms with Gasteiger partial charge in [-0.3, -0.25) is 4.79 Å². The van der Waals surface area contributed by atoms with Gasteiger partial charge < -0.3 is 15.0 Å². The van der Waals surface area contributed by atoms with Gasteiger partial charge in [0.1, 0.15) is 5.75 Å². The normalized spacial score (nSPS) is 19.8. The minimum absolute atomic E-state index is 0.187. The van der Waals surface area contributed by atoms with Crippen molar-refractivity contribution in [3.63, 3.8) is 0 Å². The van der Waals surface area contributed by atoms with Crippen LogP contribution in [-0.4, -0.2) is 43.1 Å². The maximum absolute atomic E-state index is 12.1. The van der Waals surface area contributed by atoms with Gasteiger partial charge in [-0.25, -0.2) is 0 Å². The van der Waals surface area contributed by atoms with Crippen LogP contribution in [0.15, 0.2) is 30.3 Å². The van der Waals surface area contributed by atoms with Crippen molar-refractivity contribution in [2.75, 3.05) is 26.2 Å². The SMILES string of the molecule is CC1CCN(C(=O)CCOc2ccccc2)CCN1.